The Hall–Kier alpha value is -1.20. The minimum absolute atomic E-state index is 0. The van der Waals surface area contributed by atoms with Crippen molar-refractivity contribution in [3.8, 4) is 0 Å². The van der Waals surface area contributed by atoms with Gasteiger partial charge in [-0.2, -0.15) is 0 Å². The molecule has 1 aromatic heterocycles. The first-order valence-electron chi connectivity index (χ1n) is 8.40. The Morgan fingerprint density at radius 3 is 2.33 bits per heavy atom. The fourth-order valence-corrected chi connectivity index (χ4v) is 3.41. The summed E-state index contributed by atoms with van der Waals surface area (Å²) < 4.78 is 0.952. The number of carbonyl (C=O) groups is 1. The second-order valence-corrected chi connectivity index (χ2v) is 7.89. The average Bonchev–Trinajstić information content (AvgIpc) is 2.95. The fraction of sp³-hybridized carbons (Fsp3) is 0.389. The van der Waals surface area contributed by atoms with E-state index in [0.29, 0.717) is 24.6 Å². The molecule has 148 valence electrons. The van der Waals surface area contributed by atoms with Crippen LogP contribution in [0.25, 0.3) is 0 Å². The number of hydrogen-bond acceptors (Lipinski definition) is 4. The predicted molar refractivity (Wildman–Crippen MR) is 127 cm³/mol. The number of rotatable bonds is 7. The van der Waals surface area contributed by atoms with Gasteiger partial charge < -0.3 is 16.0 Å². The molecule has 9 heteroatoms. The number of aryl methyl sites for hydroxylation is 2. The zero-order chi connectivity index (χ0) is 18.9. The summed E-state index contributed by atoms with van der Waals surface area (Å²) in [6, 6.07) is 7.28. The van der Waals surface area contributed by atoms with Gasteiger partial charge in [-0.3, -0.25) is 9.79 Å². The quantitative estimate of drug-likeness (QED) is 0.208. The monoisotopic (exact) mass is 565 g/mol. The number of thiazole rings is 1. The van der Waals surface area contributed by atoms with Gasteiger partial charge >= 0.3 is 0 Å². The number of guanidine groups is 1. The van der Waals surface area contributed by atoms with Gasteiger partial charge in [-0.15, -0.1) is 35.3 Å². The second kappa shape index (κ2) is 12.3. The Morgan fingerprint density at radius 2 is 1.74 bits per heavy atom. The van der Waals surface area contributed by atoms with Crippen LogP contribution < -0.4 is 16.0 Å². The molecule has 27 heavy (non-hydrogen) atoms. The Labute approximate surface area is 189 Å². The minimum Gasteiger partial charge on any atom is -0.356 e. The van der Waals surface area contributed by atoms with Crippen molar-refractivity contribution in [1.29, 1.82) is 0 Å². The summed E-state index contributed by atoms with van der Waals surface area (Å²) in [4.78, 5) is 22.0. The van der Waals surface area contributed by atoms with E-state index in [0.717, 1.165) is 28.1 Å². The van der Waals surface area contributed by atoms with E-state index in [4.69, 9.17) is 0 Å². The molecule has 3 N–H and O–H groups in total. The molecule has 0 aliphatic rings. The Kier molecular flexibility index (Phi) is 10.9. The number of benzene rings is 1. The number of halogens is 2. The largest absolute Gasteiger partial charge is 0.356 e. The van der Waals surface area contributed by atoms with E-state index in [9.17, 15) is 4.79 Å². The summed E-state index contributed by atoms with van der Waals surface area (Å²) in [7, 11) is 1.73. The Bertz CT molecular complexity index is 744. The minimum atomic E-state index is -0.0863. The first kappa shape index (κ1) is 23.8. The molecule has 0 spiro atoms. The molecule has 2 aromatic rings. The van der Waals surface area contributed by atoms with Crippen molar-refractivity contribution >= 4 is 63.1 Å². The van der Waals surface area contributed by atoms with Crippen LogP contribution in [0, 0.1) is 13.8 Å². The molecule has 0 fully saturated rings. The van der Waals surface area contributed by atoms with Crippen LogP contribution >= 0.6 is 51.2 Å². The van der Waals surface area contributed by atoms with E-state index in [-0.39, 0.29) is 29.9 Å². The van der Waals surface area contributed by atoms with E-state index in [1.54, 1.807) is 30.5 Å². The summed E-state index contributed by atoms with van der Waals surface area (Å²) in [5.74, 6) is 0.629. The molecule has 6 nitrogen and oxygen atoms in total. The fourth-order valence-electron chi connectivity index (χ4n) is 2.21. The van der Waals surface area contributed by atoms with Crippen LogP contribution in [0.4, 0.5) is 0 Å². The molecule has 0 unspecified atom stereocenters. The molecule has 0 aliphatic heterocycles. The second-order valence-electron chi connectivity index (χ2n) is 5.69. The summed E-state index contributed by atoms with van der Waals surface area (Å²) >= 11 is 5.09. The number of carbonyl (C=O) groups excluding carboxylic acids is 1. The molecule has 0 bridgehead atoms. The number of nitrogens with one attached hydrogen (secondary N) is 3. The van der Waals surface area contributed by atoms with Crippen molar-refractivity contribution in [1.82, 2.24) is 20.9 Å². The molecule has 0 saturated heterocycles. The number of amides is 1. The van der Waals surface area contributed by atoms with Crippen molar-refractivity contribution in [2.75, 3.05) is 26.7 Å². The van der Waals surface area contributed by atoms with E-state index in [1.165, 1.54) is 4.88 Å². The van der Waals surface area contributed by atoms with Crippen LogP contribution in [-0.4, -0.2) is 43.5 Å². The molecule has 1 heterocycles. The third-order valence-electron chi connectivity index (χ3n) is 3.74. The molecule has 0 radical (unpaired) electrons. The van der Waals surface area contributed by atoms with E-state index < -0.39 is 0 Å². The van der Waals surface area contributed by atoms with Crippen molar-refractivity contribution in [3.05, 3.63) is 49.9 Å². The van der Waals surface area contributed by atoms with Gasteiger partial charge in [0.25, 0.3) is 5.91 Å². The van der Waals surface area contributed by atoms with Crippen LogP contribution in [0.3, 0.4) is 0 Å². The molecule has 0 aliphatic carbocycles. The zero-order valence-corrected chi connectivity index (χ0v) is 20.4. The lowest BCUT2D eigenvalue weighted by Crippen LogP contribution is -2.42. The number of aromatic nitrogens is 1. The van der Waals surface area contributed by atoms with Crippen LogP contribution in [0.5, 0.6) is 0 Å². The smallest absolute Gasteiger partial charge is 0.251 e. The highest BCUT2D eigenvalue weighted by Gasteiger charge is 2.06. The molecule has 2 rings (SSSR count). The van der Waals surface area contributed by atoms with Gasteiger partial charge in [0.15, 0.2) is 5.96 Å². The van der Waals surface area contributed by atoms with Crippen LogP contribution in [0.2, 0.25) is 0 Å². The maximum atomic E-state index is 12.0. The first-order valence-corrected chi connectivity index (χ1v) is 10.0. The molecule has 1 aromatic carbocycles. The van der Waals surface area contributed by atoms with Gasteiger partial charge in [0.2, 0.25) is 0 Å². The van der Waals surface area contributed by atoms with Crippen molar-refractivity contribution in [2.24, 2.45) is 4.99 Å². The predicted octanol–water partition coefficient (Wildman–Crippen LogP) is 3.28. The lowest BCUT2D eigenvalue weighted by atomic mass is 10.2. The standard InChI is InChI=1S/C18H24BrN5OS.HI/c1-12-13(2)26-16(24-12)8-9-22-18(20-3)23-11-10-21-17(25)14-4-6-15(19)7-5-14;/h4-7H,8-11H2,1-3H3,(H,21,25)(H2,20,22,23);1H. The van der Waals surface area contributed by atoms with Crippen molar-refractivity contribution < 1.29 is 4.79 Å². The number of hydrogen-bond donors (Lipinski definition) is 3. The van der Waals surface area contributed by atoms with Crippen LogP contribution in [-0.2, 0) is 6.42 Å². The maximum Gasteiger partial charge on any atom is 0.251 e. The lowest BCUT2D eigenvalue weighted by Gasteiger charge is -2.12. The number of nitrogens with zero attached hydrogens (tertiary/aromatic N) is 2. The molecular formula is C18H25BrIN5OS. The normalized spacial score (nSPS) is 10.9. The third-order valence-corrected chi connectivity index (χ3v) is 5.40. The zero-order valence-electron chi connectivity index (χ0n) is 15.6. The SMILES string of the molecule is CN=C(NCCNC(=O)c1ccc(Br)cc1)NCCc1nc(C)c(C)s1.I. The molecule has 0 atom stereocenters. The summed E-state index contributed by atoms with van der Waals surface area (Å²) in [6.45, 7) is 5.99. The summed E-state index contributed by atoms with van der Waals surface area (Å²) in [6.07, 6.45) is 0.861. The Morgan fingerprint density at radius 1 is 1.11 bits per heavy atom. The summed E-state index contributed by atoms with van der Waals surface area (Å²) in [5.41, 5.74) is 1.75. The molecular weight excluding hydrogens is 541 g/mol. The highest BCUT2D eigenvalue weighted by molar-refractivity contribution is 14.0. The third kappa shape index (κ3) is 8.14. The highest BCUT2D eigenvalue weighted by Crippen LogP contribution is 2.16. The van der Waals surface area contributed by atoms with Gasteiger partial charge in [0.1, 0.15) is 0 Å². The highest BCUT2D eigenvalue weighted by atomic mass is 127. The van der Waals surface area contributed by atoms with Gasteiger partial charge in [-0.25, -0.2) is 4.98 Å². The molecule has 0 saturated carbocycles. The van der Waals surface area contributed by atoms with Crippen LogP contribution in [0.15, 0.2) is 33.7 Å². The van der Waals surface area contributed by atoms with Gasteiger partial charge in [0.05, 0.1) is 10.7 Å². The van der Waals surface area contributed by atoms with Crippen molar-refractivity contribution in [2.45, 2.75) is 20.3 Å². The molecule has 1 amide bonds. The van der Waals surface area contributed by atoms with E-state index in [2.05, 4.69) is 48.8 Å². The van der Waals surface area contributed by atoms with Gasteiger partial charge in [-0.1, -0.05) is 15.9 Å². The lowest BCUT2D eigenvalue weighted by molar-refractivity contribution is 0.0954. The first-order chi connectivity index (χ1) is 12.5. The van der Waals surface area contributed by atoms with Crippen LogP contribution in [0.1, 0.15) is 25.9 Å². The number of aliphatic imine (C=N–C) groups is 1. The van der Waals surface area contributed by atoms with E-state index >= 15 is 0 Å². The van der Waals surface area contributed by atoms with E-state index in [1.807, 2.05) is 19.1 Å². The average molecular weight is 566 g/mol. The van der Waals surface area contributed by atoms with Gasteiger partial charge in [0, 0.05) is 48.0 Å². The Balaban J connectivity index is 0.00000364. The summed E-state index contributed by atoms with van der Waals surface area (Å²) in [5, 5.41) is 10.5. The maximum absolute atomic E-state index is 12.0. The topological polar surface area (TPSA) is 78.4 Å². The van der Waals surface area contributed by atoms with Gasteiger partial charge in [-0.05, 0) is 38.1 Å². The van der Waals surface area contributed by atoms with Crippen molar-refractivity contribution in [3.63, 3.8) is 0 Å².